The fourth-order valence-electron chi connectivity index (χ4n) is 6.83. The lowest BCUT2D eigenvalue weighted by atomic mass is 9.78. The molecule has 0 N–H and O–H groups in total. The van der Waals surface area contributed by atoms with Gasteiger partial charge in [0.1, 0.15) is 0 Å². The molecule has 36 heavy (non-hydrogen) atoms. The number of hydrogen-bond donors (Lipinski definition) is 0. The summed E-state index contributed by atoms with van der Waals surface area (Å²) >= 11 is 0.266. The summed E-state index contributed by atoms with van der Waals surface area (Å²) in [6.45, 7) is 11.2. The molecule has 2 fully saturated rings. The van der Waals surface area contributed by atoms with Gasteiger partial charge in [-0.15, -0.1) is 20.7 Å². The Balaban J connectivity index is 1.20. The molecule has 0 amide bonds. The summed E-state index contributed by atoms with van der Waals surface area (Å²) in [7, 11) is 0. The molecule has 3 aliphatic carbocycles. The molecule has 0 heterocycles. The molecule has 2 saturated carbocycles. The second-order valence-electron chi connectivity index (χ2n) is 12.1. The van der Waals surface area contributed by atoms with Crippen molar-refractivity contribution < 1.29 is 0 Å². The maximum atomic E-state index is 3.97. The van der Waals surface area contributed by atoms with E-state index >= 15 is 0 Å². The lowest BCUT2D eigenvalue weighted by Crippen LogP contribution is -2.19. The van der Waals surface area contributed by atoms with Gasteiger partial charge in [0, 0.05) is 3.92 Å². The van der Waals surface area contributed by atoms with E-state index in [1.807, 2.05) is 6.08 Å². The Hall–Kier alpha value is -1.48. The fourth-order valence-corrected chi connectivity index (χ4v) is 10.2. The molecule has 0 radical (unpaired) electrons. The summed E-state index contributed by atoms with van der Waals surface area (Å²) in [5.41, 5.74) is 8.59. The van der Waals surface area contributed by atoms with Crippen molar-refractivity contribution in [1.29, 1.82) is 0 Å². The quantitative estimate of drug-likeness (QED) is 0.231. The maximum absolute atomic E-state index is 3.97. The van der Waals surface area contributed by atoms with Gasteiger partial charge < -0.3 is 0 Å². The van der Waals surface area contributed by atoms with Gasteiger partial charge in [-0.05, 0) is 127 Å². The van der Waals surface area contributed by atoms with Gasteiger partial charge in [0.15, 0.2) is 0 Å². The first-order chi connectivity index (χ1) is 17.5. The van der Waals surface area contributed by atoms with E-state index in [1.165, 1.54) is 79.2 Å². The molecule has 5 rings (SSSR count). The molecule has 0 nitrogen and oxygen atoms in total. The van der Waals surface area contributed by atoms with E-state index in [4.69, 9.17) is 0 Å². The number of hydrogen-bond acceptors (Lipinski definition) is 0. The largest absolute Gasteiger partial charge is 0.123 e. The topological polar surface area (TPSA) is 0 Å². The molecular formula is C35H45I. The SMILES string of the molecule is C=Cc1ccc2c(c1)C=C(c1cccc(C3CCC(I=CC4CCC(C(C)C)CC4)CC3)c1)C[C@H]2C. The van der Waals surface area contributed by atoms with E-state index in [1.54, 1.807) is 5.56 Å². The first-order valence-corrected chi connectivity index (χ1v) is 17.0. The molecule has 1 heteroatoms. The molecule has 2 aromatic rings. The predicted molar refractivity (Wildman–Crippen MR) is 169 cm³/mol. The van der Waals surface area contributed by atoms with E-state index in [2.05, 4.69) is 79.9 Å². The Kier molecular flexibility index (Phi) is 8.66. The van der Waals surface area contributed by atoms with Crippen molar-refractivity contribution in [3.8, 4) is 0 Å². The van der Waals surface area contributed by atoms with Crippen molar-refractivity contribution in [2.45, 2.75) is 94.3 Å². The van der Waals surface area contributed by atoms with Crippen molar-refractivity contribution >= 4 is 42.5 Å². The van der Waals surface area contributed by atoms with E-state index < -0.39 is 0 Å². The third kappa shape index (κ3) is 6.14. The van der Waals surface area contributed by atoms with Crippen LogP contribution in [0.2, 0.25) is 0 Å². The first-order valence-electron chi connectivity index (χ1n) is 14.5. The Labute approximate surface area is 230 Å². The van der Waals surface area contributed by atoms with Crippen LogP contribution in [-0.2, 0) is 0 Å². The number of allylic oxidation sites excluding steroid dienone is 1. The highest BCUT2D eigenvalue weighted by Crippen LogP contribution is 2.42. The van der Waals surface area contributed by atoms with Crippen molar-refractivity contribution in [2.75, 3.05) is 0 Å². The zero-order chi connectivity index (χ0) is 25.1. The predicted octanol–water partition coefficient (Wildman–Crippen LogP) is 10.6. The van der Waals surface area contributed by atoms with Gasteiger partial charge in [-0.25, -0.2) is 0 Å². The van der Waals surface area contributed by atoms with Gasteiger partial charge in [-0.3, -0.25) is 0 Å². The zero-order valence-electron chi connectivity index (χ0n) is 22.7. The van der Waals surface area contributed by atoms with Crippen LogP contribution in [-0.4, -0.2) is 7.94 Å². The second-order valence-corrected chi connectivity index (χ2v) is 15.3. The molecule has 1 atom stereocenters. The average Bonchev–Trinajstić information content (AvgIpc) is 2.92. The summed E-state index contributed by atoms with van der Waals surface area (Å²) in [6.07, 6.45) is 17.1. The van der Waals surface area contributed by atoms with Gasteiger partial charge in [0.25, 0.3) is 0 Å². The highest BCUT2D eigenvalue weighted by molar-refractivity contribution is 14.2. The molecule has 0 unspecified atom stereocenters. The second kappa shape index (κ2) is 11.9. The van der Waals surface area contributed by atoms with Gasteiger partial charge >= 0.3 is 0 Å². The van der Waals surface area contributed by atoms with E-state index in [0.717, 1.165) is 34.0 Å². The van der Waals surface area contributed by atoms with Gasteiger partial charge in [0.2, 0.25) is 0 Å². The summed E-state index contributed by atoms with van der Waals surface area (Å²) in [6, 6.07) is 16.4. The first kappa shape index (κ1) is 26.1. The highest BCUT2D eigenvalue weighted by atomic mass is 127. The smallest absolute Gasteiger partial charge is 0.00598 e. The van der Waals surface area contributed by atoms with Crippen LogP contribution in [0.4, 0.5) is 0 Å². The maximum Gasteiger partial charge on any atom is 0.00598 e. The van der Waals surface area contributed by atoms with Crippen molar-refractivity contribution in [3.05, 3.63) is 76.9 Å². The minimum Gasteiger partial charge on any atom is -0.123 e. The Morgan fingerprint density at radius 2 is 1.69 bits per heavy atom. The van der Waals surface area contributed by atoms with Crippen molar-refractivity contribution in [1.82, 2.24) is 0 Å². The zero-order valence-corrected chi connectivity index (χ0v) is 24.8. The third-order valence-corrected chi connectivity index (χ3v) is 13.0. The Morgan fingerprint density at radius 1 is 0.917 bits per heavy atom. The summed E-state index contributed by atoms with van der Waals surface area (Å²) < 4.78 is 3.87. The fraction of sp³-hybridized carbons (Fsp3) is 0.514. The van der Waals surface area contributed by atoms with Crippen LogP contribution in [0.3, 0.4) is 0 Å². The van der Waals surface area contributed by atoms with E-state index in [9.17, 15) is 0 Å². The van der Waals surface area contributed by atoms with Crippen LogP contribution in [0, 0.1) is 17.8 Å². The monoisotopic (exact) mass is 592 g/mol. The number of halogens is 1. The summed E-state index contributed by atoms with van der Waals surface area (Å²) in [5.74, 6) is 4.15. The summed E-state index contributed by atoms with van der Waals surface area (Å²) in [5, 5.41) is 0. The molecular weight excluding hydrogens is 547 g/mol. The van der Waals surface area contributed by atoms with Crippen LogP contribution < -0.4 is 0 Å². The Bertz CT molecular complexity index is 1100. The highest BCUT2D eigenvalue weighted by Gasteiger charge is 2.25. The molecule has 3 aliphatic rings. The van der Waals surface area contributed by atoms with Crippen LogP contribution >= 0.6 is 20.7 Å². The lowest BCUT2D eigenvalue weighted by Gasteiger charge is -2.30. The molecule has 2 aromatic carbocycles. The minimum atomic E-state index is 0.266. The van der Waals surface area contributed by atoms with Crippen LogP contribution in [0.5, 0.6) is 0 Å². The van der Waals surface area contributed by atoms with Crippen molar-refractivity contribution in [2.24, 2.45) is 17.8 Å². The van der Waals surface area contributed by atoms with Gasteiger partial charge in [-0.2, -0.15) is 0 Å². The van der Waals surface area contributed by atoms with Crippen LogP contribution in [0.1, 0.15) is 118 Å². The number of fused-ring (bicyclic) bond motifs is 1. The van der Waals surface area contributed by atoms with Gasteiger partial charge in [0.05, 0.1) is 0 Å². The molecule has 0 bridgehead atoms. The summed E-state index contributed by atoms with van der Waals surface area (Å²) in [4.78, 5) is 0. The number of rotatable bonds is 6. The molecule has 0 saturated heterocycles. The van der Waals surface area contributed by atoms with Crippen LogP contribution in [0.15, 0.2) is 49.0 Å². The Morgan fingerprint density at radius 3 is 2.42 bits per heavy atom. The molecule has 0 aliphatic heterocycles. The lowest BCUT2D eigenvalue weighted by molar-refractivity contribution is 0.258. The molecule has 0 spiro atoms. The van der Waals surface area contributed by atoms with E-state index in [-0.39, 0.29) is 20.7 Å². The molecule has 0 aromatic heterocycles. The van der Waals surface area contributed by atoms with Gasteiger partial charge in [-0.1, -0.05) is 79.9 Å². The number of alkyl halides is 1. The van der Waals surface area contributed by atoms with Crippen LogP contribution in [0.25, 0.3) is 17.7 Å². The third-order valence-electron chi connectivity index (χ3n) is 9.31. The van der Waals surface area contributed by atoms with E-state index in [0.29, 0.717) is 5.92 Å². The average molecular weight is 593 g/mol. The van der Waals surface area contributed by atoms with Crippen molar-refractivity contribution in [3.63, 3.8) is 0 Å². The number of benzene rings is 2. The standard InChI is InChI=1S/C35H45I/c1-5-26-11-18-35-25(4)19-32(22-33(35)20-26)31-8-6-7-30(21-31)29-14-16-34(17-15-29)36-23-27-9-12-28(13-10-27)24(2)3/h5-8,11,18,20-25,27-29,34H,1,9-10,12-17,19H2,2-4H3/t25-,27?,28?,29?,34?/m1/s1. The normalized spacial score (nSPS) is 28.9. The molecule has 192 valence electrons. The minimum absolute atomic E-state index is 0.266.